The van der Waals surface area contributed by atoms with Crippen molar-refractivity contribution in [1.29, 1.82) is 0 Å². The van der Waals surface area contributed by atoms with E-state index in [1.807, 2.05) is 0 Å². The van der Waals surface area contributed by atoms with Crippen LogP contribution in [0.2, 0.25) is 10.0 Å². The van der Waals surface area contributed by atoms with E-state index in [1.165, 1.54) is 19.2 Å². The Hall–Kier alpha value is -2.97. The molecule has 2 nitrogen and oxygen atoms in total. The van der Waals surface area contributed by atoms with Crippen molar-refractivity contribution >= 4 is 34.1 Å². The second kappa shape index (κ2) is 8.91. The molecule has 3 aromatic carbocycles. The predicted octanol–water partition coefficient (Wildman–Crippen LogP) is 9.23. The molecule has 0 unspecified atom stereocenters. The van der Waals surface area contributed by atoms with Gasteiger partial charge < -0.3 is 4.74 Å². The van der Waals surface area contributed by atoms with Gasteiger partial charge in [0.15, 0.2) is 0 Å². The van der Waals surface area contributed by atoms with Crippen molar-refractivity contribution in [2.45, 2.75) is 19.3 Å². The van der Waals surface area contributed by atoms with Gasteiger partial charge in [-0.3, -0.25) is 4.98 Å². The molecule has 4 rings (SSSR count). The van der Waals surface area contributed by atoms with Crippen molar-refractivity contribution in [2.75, 3.05) is 7.11 Å². The zero-order valence-corrected chi connectivity index (χ0v) is 19.6. The lowest BCUT2D eigenvalue weighted by molar-refractivity contribution is -0.143. The lowest BCUT2D eigenvalue weighted by Gasteiger charge is -2.15. The third-order valence-corrected chi connectivity index (χ3v) is 6.16. The van der Waals surface area contributed by atoms with Gasteiger partial charge in [0, 0.05) is 22.7 Å². The largest absolute Gasteiger partial charge is 0.495 e. The number of pyridine rings is 1. The van der Waals surface area contributed by atoms with E-state index in [0.717, 1.165) is 0 Å². The molecule has 182 valence electrons. The highest BCUT2D eigenvalue weighted by molar-refractivity contribution is 6.39. The van der Waals surface area contributed by atoms with E-state index in [-0.39, 0.29) is 17.2 Å². The Bertz CT molecular complexity index is 1400. The number of nitrogens with zero attached hydrogens (tertiary/aromatic N) is 1. The van der Waals surface area contributed by atoms with Crippen molar-refractivity contribution in [2.24, 2.45) is 0 Å². The molecule has 0 fully saturated rings. The van der Waals surface area contributed by atoms with Gasteiger partial charge in [-0.2, -0.15) is 26.3 Å². The summed E-state index contributed by atoms with van der Waals surface area (Å²) < 4.78 is 84.5. The summed E-state index contributed by atoms with van der Waals surface area (Å²) in [5.74, 6) is 0.429. The van der Waals surface area contributed by atoms with Gasteiger partial charge in [0.05, 0.1) is 33.8 Å². The molecule has 1 aromatic heterocycles. The molecule has 0 atom stereocenters. The van der Waals surface area contributed by atoms with Crippen LogP contribution in [-0.2, 0) is 12.4 Å². The molecule has 0 amide bonds. The van der Waals surface area contributed by atoms with E-state index >= 15 is 0 Å². The maximum Gasteiger partial charge on any atom is 0.416 e. The SMILES string of the molecule is COc1cc2nc(C)c(-c3ccc(-c4cc(C(F)(F)F)cc(C(F)(F)F)c4)cc3)c(Cl)c2cc1Cl. The summed E-state index contributed by atoms with van der Waals surface area (Å²) in [6, 6.07) is 10.7. The maximum atomic E-state index is 13.2. The summed E-state index contributed by atoms with van der Waals surface area (Å²) >= 11 is 12.9. The van der Waals surface area contributed by atoms with Crippen LogP contribution < -0.4 is 4.74 Å². The first kappa shape index (κ1) is 25.1. The summed E-state index contributed by atoms with van der Waals surface area (Å²) in [6.07, 6.45) is -9.86. The Kier molecular flexibility index (Phi) is 6.40. The van der Waals surface area contributed by atoms with Gasteiger partial charge in [0.1, 0.15) is 5.75 Å². The third-order valence-electron chi connectivity index (χ3n) is 5.47. The number of fused-ring (bicyclic) bond motifs is 1. The van der Waals surface area contributed by atoms with Gasteiger partial charge in [-0.15, -0.1) is 0 Å². The fourth-order valence-electron chi connectivity index (χ4n) is 3.78. The van der Waals surface area contributed by atoms with Gasteiger partial charge in [-0.05, 0) is 47.9 Å². The average Bonchev–Trinajstić information content (AvgIpc) is 2.78. The van der Waals surface area contributed by atoms with Gasteiger partial charge in [-0.1, -0.05) is 47.5 Å². The van der Waals surface area contributed by atoms with Crippen molar-refractivity contribution < 1.29 is 31.1 Å². The number of benzene rings is 3. The minimum Gasteiger partial charge on any atom is -0.495 e. The Morgan fingerprint density at radius 3 is 1.80 bits per heavy atom. The molecule has 0 aliphatic rings. The molecule has 0 spiro atoms. The van der Waals surface area contributed by atoms with Crippen molar-refractivity contribution in [1.82, 2.24) is 4.98 Å². The average molecular weight is 530 g/mol. The highest BCUT2D eigenvalue weighted by Crippen LogP contribution is 2.41. The lowest BCUT2D eigenvalue weighted by Crippen LogP contribution is -2.11. The van der Waals surface area contributed by atoms with E-state index in [0.29, 0.717) is 55.7 Å². The second-order valence-electron chi connectivity index (χ2n) is 7.76. The van der Waals surface area contributed by atoms with Crippen LogP contribution in [0.1, 0.15) is 16.8 Å². The molecule has 1 heterocycles. The third kappa shape index (κ3) is 4.90. The first-order valence-electron chi connectivity index (χ1n) is 10.0. The molecule has 0 aliphatic heterocycles. The molecule has 4 aromatic rings. The first-order valence-corrected chi connectivity index (χ1v) is 10.8. The van der Waals surface area contributed by atoms with Crippen LogP contribution >= 0.6 is 23.2 Å². The van der Waals surface area contributed by atoms with E-state index in [9.17, 15) is 26.3 Å². The molecule has 0 saturated heterocycles. The summed E-state index contributed by atoms with van der Waals surface area (Å²) in [7, 11) is 1.47. The summed E-state index contributed by atoms with van der Waals surface area (Å²) in [5.41, 5.74) is -0.520. The minimum atomic E-state index is -4.93. The standard InChI is InChI=1S/C25H15Cl2F6NO/c1-12-22(23(27)18-10-19(26)21(35-2)11-20(18)34-12)14-5-3-13(4-6-14)15-7-16(24(28,29)30)9-17(8-15)25(31,32)33/h3-11H,1-2H3. The highest BCUT2D eigenvalue weighted by atomic mass is 35.5. The van der Waals surface area contributed by atoms with Crippen molar-refractivity contribution in [3.8, 4) is 28.0 Å². The summed E-state index contributed by atoms with van der Waals surface area (Å²) in [5, 5.41) is 1.25. The van der Waals surface area contributed by atoms with Gasteiger partial charge in [0.2, 0.25) is 0 Å². The second-order valence-corrected chi connectivity index (χ2v) is 8.55. The molecule has 0 bridgehead atoms. The van der Waals surface area contributed by atoms with Crippen molar-refractivity contribution in [3.63, 3.8) is 0 Å². The number of alkyl halides is 6. The van der Waals surface area contributed by atoms with Crippen LogP contribution in [0.25, 0.3) is 33.2 Å². The van der Waals surface area contributed by atoms with Crippen LogP contribution in [0.3, 0.4) is 0 Å². The smallest absolute Gasteiger partial charge is 0.416 e. The normalized spacial score (nSPS) is 12.3. The van der Waals surface area contributed by atoms with Crippen LogP contribution in [-0.4, -0.2) is 12.1 Å². The number of ether oxygens (including phenoxy) is 1. The molecule has 0 saturated carbocycles. The zero-order valence-electron chi connectivity index (χ0n) is 18.1. The number of aromatic nitrogens is 1. The fraction of sp³-hybridized carbons (Fsp3) is 0.160. The summed E-state index contributed by atoms with van der Waals surface area (Å²) in [6.45, 7) is 1.73. The monoisotopic (exact) mass is 529 g/mol. The molecular formula is C25H15Cl2F6NO. The fourth-order valence-corrected chi connectivity index (χ4v) is 4.42. The van der Waals surface area contributed by atoms with Gasteiger partial charge >= 0.3 is 12.4 Å². The molecule has 0 radical (unpaired) electrons. The number of methoxy groups -OCH3 is 1. The van der Waals surface area contributed by atoms with Gasteiger partial charge in [-0.25, -0.2) is 0 Å². The number of rotatable bonds is 3. The van der Waals surface area contributed by atoms with Crippen molar-refractivity contribution in [3.05, 3.63) is 81.5 Å². The highest BCUT2D eigenvalue weighted by Gasteiger charge is 2.37. The number of aryl methyl sites for hydroxylation is 1. The molecule has 0 N–H and O–H groups in total. The Balaban J connectivity index is 1.81. The number of hydrogen-bond acceptors (Lipinski definition) is 2. The van der Waals surface area contributed by atoms with E-state index in [4.69, 9.17) is 27.9 Å². The molecular weight excluding hydrogens is 515 g/mol. The number of hydrogen-bond donors (Lipinski definition) is 0. The van der Waals surface area contributed by atoms with Crippen LogP contribution in [0.5, 0.6) is 5.75 Å². The molecule has 0 aliphatic carbocycles. The topological polar surface area (TPSA) is 22.1 Å². The lowest BCUT2D eigenvalue weighted by atomic mass is 9.96. The van der Waals surface area contributed by atoms with E-state index in [1.54, 1.807) is 31.2 Å². The van der Waals surface area contributed by atoms with Gasteiger partial charge in [0.25, 0.3) is 0 Å². The maximum absolute atomic E-state index is 13.2. The van der Waals surface area contributed by atoms with E-state index in [2.05, 4.69) is 4.98 Å². The molecule has 10 heteroatoms. The van der Waals surface area contributed by atoms with Crippen LogP contribution in [0.15, 0.2) is 54.6 Å². The van der Waals surface area contributed by atoms with E-state index < -0.39 is 23.5 Å². The molecule has 35 heavy (non-hydrogen) atoms. The first-order chi connectivity index (χ1) is 16.3. The number of halogens is 8. The van der Waals surface area contributed by atoms with Crippen LogP contribution in [0, 0.1) is 6.92 Å². The van der Waals surface area contributed by atoms with Crippen LogP contribution in [0.4, 0.5) is 26.3 Å². The summed E-state index contributed by atoms with van der Waals surface area (Å²) in [4.78, 5) is 4.55. The Morgan fingerprint density at radius 1 is 0.743 bits per heavy atom. The Labute approximate surface area is 206 Å². The quantitative estimate of drug-likeness (QED) is 0.247. The zero-order chi connectivity index (χ0) is 25.7. The Morgan fingerprint density at radius 2 is 1.29 bits per heavy atom. The minimum absolute atomic E-state index is 0.0991. The predicted molar refractivity (Wildman–Crippen MR) is 124 cm³/mol.